The predicted octanol–water partition coefficient (Wildman–Crippen LogP) is 3.31. The largest absolute Gasteiger partial charge is 0.476 e. The second-order valence-electron chi connectivity index (χ2n) is 6.04. The lowest BCUT2D eigenvalue weighted by molar-refractivity contribution is -0.154. The Morgan fingerprint density at radius 2 is 1.87 bits per heavy atom. The van der Waals surface area contributed by atoms with Crippen molar-refractivity contribution in [2.75, 3.05) is 0 Å². The molecule has 0 amide bonds. The molecule has 0 fully saturated rings. The van der Waals surface area contributed by atoms with Gasteiger partial charge in [-0.05, 0) is 20.8 Å². The van der Waals surface area contributed by atoms with E-state index in [2.05, 4.69) is 4.98 Å². The summed E-state index contributed by atoms with van der Waals surface area (Å²) in [4.78, 5) is 27.0. The van der Waals surface area contributed by atoms with Gasteiger partial charge in [-0.1, -0.05) is 30.3 Å². The molecule has 0 radical (unpaired) electrons. The van der Waals surface area contributed by atoms with Gasteiger partial charge in [0.05, 0.1) is 6.42 Å². The van der Waals surface area contributed by atoms with E-state index in [1.54, 1.807) is 45.0 Å². The molecular formula is C17H19NO5. The molecule has 23 heavy (non-hydrogen) atoms. The summed E-state index contributed by atoms with van der Waals surface area (Å²) in [5.41, 5.74) is -0.0916. The first kappa shape index (κ1) is 16.7. The molecule has 0 unspecified atom stereocenters. The number of hydrogen-bond acceptors (Lipinski definition) is 5. The monoisotopic (exact) mass is 317 g/mol. The number of benzene rings is 1. The van der Waals surface area contributed by atoms with Crippen LogP contribution in [0, 0.1) is 0 Å². The van der Waals surface area contributed by atoms with Crippen LogP contribution in [-0.4, -0.2) is 27.6 Å². The van der Waals surface area contributed by atoms with E-state index in [9.17, 15) is 14.7 Å². The SMILES string of the molecule is CC(C)(C)OC(=O)CCc1nc(C(=O)O)c(-c2ccccc2)o1. The Hall–Kier alpha value is -2.63. The number of carbonyl (C=O) groups excluding carboxylic acids is 1. The molecule has 6 nitrogen and oxygen atoms in total. The molecule has 0 aliphatic rings. The number of esters is 1. The minimum atomic E-state index is -1.17. The van der Waals surface area contributed by atoms with Gasteiger partial charge < -0.3 is 14.3 Å². The number of oxazole rings is 1. The van der Waals surface area contributed by atoms with E-state index in [1.165, 1.54) is 0 Å². The highest BCUT2D eigenvalue weighted by Gasteiger charge is 2.22. The molecule has 0 aliphatic heterocycles. The van der Waals surface area contributed by atoms with Gasteiger partial charge in [0.25, 0.3) is 0 Å². The number of aromatic nitrogens is 1. The maximum Gasteiger partial charge on any atom is 0.358 e. The van der Waals surface area contributed by atoms with Crippen molar-refractivity contribution in [2.24, 2.45) is 0 Å². The molecule has 1 heterocycles. The van der Waals surface area contributed by atoms with Gasteiger partial charge in [-0.25, -0.2) is 9.78 Å². The topological polar surface area (TPSA) is 89.6 Å². The van der Waals surface area contributed by atoms with Crippen LogP contribution in [0.1, 0.15) is 43.6 Å². The highest BCUT2D eigenvalue weighted by molar-refractivity contribution is 5.92. The number of carboxylic acids is 1. The normalized spacial score (nSPS) is 11.3. The third-order valence-electron chi connectivity index (χ3n) is 2.87. The van der Waals surface area contributed by atoms with Gasteiger partial charge in [-0.15, -0.1) is 0 Å². The van der Waals surface area contributed by atoms with Gasteiger partial charge >= 0.3 is 11.9 Å². The lowest BCUT2D eigenvalue weighted by Gasteiger charge is -2.19. The van der Waals surface area contributed by atoms with Crippen LogP contribution in [0.3, 0.4) is 0 Å². The summed E-state index contributed by atoms with van der Waals surface area (Å²) in [5.74, 6) is -1.16. The van der Waals surface area contributed by atoms with Crippen LogP contribution in [0.15, 0.2) is 34.7 Å². The van der Waals surface area contributed by atoms with Crippen molar-refractivity contribution in [1.82, 2.24) is 4.98 Å². The Balaban J connectivity index is 2.15. The maximum absolute atomic E-state index is 11.7. The summed E-state index contributed by atoms with van der Waals surface area (Å²) >= 11 is 0. The minimum absolute atomic E-state index is 0.0745. The molecule has 0 aliphatic carbocycles. The highest BCUT2D eigenvalue weighted by atomic mass is 16.6. The number of carboxylic acid groups (broad SMARTS) is 1. The molecule has 2 rings (SSSR count). The quantitative estimate of drug-likeness (QED) is 0.851. The van der Waals surface area contributed by atoms with Crippen molar-refractivity contribution in [3.8, 4) is 11.3 Å². The van der Waals surface area contributed by atoms with E-state index in [1.807, 2.05) is 6.07 Å². The molecule has 1 N–H and O–H groups in total. The van der Waals surface area contributed by atoms with Crippen LogP contribution in [-0.2, 0) is 16.0 Å². The number of carbonyl (C=O) groups is 2. The van der Waals surface area contributed by atoms with E-state index < -0.39 is 11.6 Å². The summed E-state index contributed by atoms with van der Waals surface area (Å²) in [6.07, 6.45) is 0.257. The van der Waals surface area contributed by atoms with Crippen molar-refractivity contribution in [1.29, 1.82) is 0 Å². The summed E-state index contributed by atoms with van der Waals surface area (Å²) in [7, 11) is 0. The number of ether oxygens (including phenoxy) is 1. The fourth-order valence-corrected chi connectivity index (χ4v) is 2.00. The van der Waals surface area contributed by atoms with Crippen LogP contribution in [0.2, 0.25) is 0 Å². The number of nitrogens with zero attached hydrogens (tertiary/aromatic N) is 1. The van der Waals surface area contributed by atoms with E-state index >= 15 is 0 Å². The Kier molecular flexibility index (Phi) is 4.83. The average Bonchev–Trinajstić information content (AvgIpc) is 2.89. The van der Waals surface area contributed by atoms with E-state index in [-0.39, 0.29) is 36.2 Å². The van der Waals surface area contributed by atoms with Gasteiger partial charge in [0.2, 0.25) is 0 Å². The molecule has 1 aromatic heterocycles. The Labute approximate surface area is 134 Å². The summed E-state index contributed by atoms with van der Waals surface area (Å²) in [6.45, 7) is 5.35. The molecule has 1 aromatic carbocycles. The molecule has 122 valence electrons. The van der Waals surface area contributed by atoms with Crippen LogP contribution in [0.4, 0.5) is 0 Å². The van der Waals surface area contributed by atoms with Crippen LogP contribution in [0.25, 0.3) is 11.3 Å². The zero-order valence-corrected chi connectivity index (χ0v) is 13.3. The van der Waals surface area contributed by atoms with Crippen LogP contribution in [0.5, 0.6) is 0 Å². The summed E-state index contributed by atoms with van der Waals surface area (Å²) < 4.78 is 10.7. The molecule has 0 saturated carbocycles. The third-order valence-corrected chi connectivity index (χ3v) is 2.87. The second-order valence-corrected chi connectivity index (χ2v) is 6.04. The lowest BCUT2D eigenvalue weighted by Crippen LogP contribution is -2.24. The second kappa shape index (κ2) is 6.64. The molecule has 6 heteroatoms. The predicted molar refractivity (Wildman–Crippen MR) is 83.1 cm³/mol. The molecule has 2 aromatic rings. The first-order valence-corrected chi connectivity index (χ1v) is 7.26. The first-order chi connectivity index (χ1) is 10.8. The van der Waals surface area contributed by atoms with E-state index in [0.717, 1.165) is 0 Å². The van der Waals surface area contributed by atoms with Crippen molar-refractivity contribution >= 4 is 11.9 Å². The zero-order valence-electron chi connectivity index (χ0n) is 13.3. The van der Waals surface area contributed by atoms with Gasteiger partial charge in [0, 0.05) is 12.0 Å². The minimum Gasteiger partial charge on any atom is -0.476 e. The fraction of sp³-hybridized carbons (Fsp3) is 0.353. The van der Waals surface area contributed by atoms with E-state index in [4.69, 9.17) is 9.15 Å². The fourth-order valence-electron chi connectivity index (χ4n) is 2.00. The molecule has 0 spiro atoms. The Bertz CT molecular complexity index is 698. The standard InChI is InChI=1S/C17H19NO5/c1-17(2,3)23-13(19)10-9-12-18-14(16(20)21)15(22-12)11-7-5-4-6-8-11/h4-8H,9-10H2,1-3H3,(H,20,21). The first-order valence-electron chi connectivity index (χ1n) is 7.26. The number of aromatic carboxylic acids is 1. The number of aryl methyl sites for hydroxylation is 1. The van der Waals surface area contributed by atoms with Crippen molar-refractivity contribution < 1.29 is 23.8 Å². The van der Waals surface area contributed by atoms with Crippen molar-refractivity contribution in [3.63, 3.8) is 0 Å². The number of hydrogen-bond donors (Lipinski definition) is 1. The van der Waals surface area contributed by atoms with Gasteiger partial charge in [0.15, 0.2) is 17.3 Å². The molecular weight excluding hydrogens is 298 g/mol. The van der Waals surface area contributed by atoms with Gasteiger partial charge in [-0.3, -0.25) is 4.79 Å². The maximum atomic E-state index is 11.7. The smallest absolute Gasteiger partial charge is 0.358 e. The lowest BCUT2D eigenvalue weighted by atomic mass is 10.1. The summed E-state index contributed by atoms with van der Waals surface area (Å²) in [5, 5.41) is 9.26. The van der Waals surface area contributed by atoms with Crippen LogP contribution < -0.4 is 0 Å². The average molecular weight is 317 g/mol. The molecule has 0 atom stereocenters. The highest BCUT2D eigenvalue weighted by Crippen LogP contribution is 2.25. The third kappa shape index (κ3) is 4.67. The number of rotatable bonds is 5. The van der Waals surface area contributed by atoms with E-state index in [0.29, 0.717) is 5.56 Å². The molecule has 0 bridgehead atoms. The Morgan fingerprint density at radius 1 is 1.22 bits per heavy atom. The van der Waals surface area contributed by atoms with Crippen LogP contribution >= 0.6 is 0 Å². The summed E-state index contributed by atoms with van der Waals surface area (Å²) in [6, 6.07) is 8.87. The molecule has 0 saturated heterocycles. The van der Waals surface area contributed by atoms with Gasteiger partial charge in [0.1, 0.15) is 5.60 Å². The Morgan fingerprint density at radius 3 is 2.43 bits per heavy atom. The zero-order chi connectivity index (χ0) is 17.0. The van der Waals surface area contributed by atoms with Crippen molar-refractivity contribution in [2.45, 2.75) is 39.2 Å². The van der Waals surface area contributed by atoms with Crippen molar-refractivity contribution in [3.05, 3.63) is 41.9 Å². The van der Waals surface area contributed by atoms with Gasteiger partial charge in [-0.2, -0.15) is 0 Å².